The van der Waals surface area contributed by atoms with Crippen molar-refractivity contribution in [3.63, 3.8) is 0 Å². The van der Waals surface area contributed by atoms with Crippen molar-refractivity contribution in [2.45, 2.75) is 0 Å². The van der Waals surface area contributed by atoms with E-state index < -0.39 is 8.07 Å². The fraction of sp³-hybridized carbons (Fsp3) is 0. The third kappa shape index (κ3) is 6.00. The molecule has 0 N–H and O–H groups in total. The maximum atomic E-state index is 2.52. The third-order valence-corrected chi connectivity index (χ3v) is 17.8. The van der Waals surface area contributed by atoms with E-state index >= 15 is 0 Å². The van der Waals surface area contributed by atoms with E-state index in [0.29, 0.717) is 0 Å². The van der Waals surface area contributed by atoms with Gasteiger partial charge in [-0.1, -0.05) is 200 Å². The van der Waals surface area contributed by atoms with Crippen LogP contribution >= 0.6 is 0 Å². The summed E-state index contributed by atoms with van der Waals surface area (Å²) in [5.74, 6) is 0. The molecule has 0 aliphatic carbocycles. The summed E-state index contributed by atoms with van der Waals surface area (Å²) in [4.78, 5) is 0. The topological polar surface area (TPSA) is 9.86 Å². The molecule has 63 heavy (non-hydrogen) atoms. The standard InChI is InChI=1S/C60H42N2Si/c1-6-20-43(21-7-1)45-38-46(44-22-8-2-9-23-44)40-48(39-45)62-58-33-19-17-31-54(58)56-41-47(34-37-59(56)62)61-57-32-18-16-30-53(57)55-36-35-52(42-60(55)61)63(49-24-10-3-11-25-49,50-26-12-4-13-27-50)51-28-14-5-15-29-51/h1-42H. The fourth-order valence-electron chi connectivity index (χ4n) is 10.3. The molecule has 0 spiro atoms. The summed E-state index contributed by atoms with van der Waals surface area (Å²) in [7, 11) is -2.78. The van der Waals surface area contributed by atoms with Gasteiger partial charge in [0.05, 0.1) is 22.1 Å². The van der Waals surface area contributed by atoms with Gasteiger partial charge in [0.15, 0.2) is 8.07 Å². The number of hydrogen-bond donors (Lipinski definition) is 0. The normalized spacial score (nSPS) is 11.8. The summed E-state index contributed by atoms with van der Waals surface area (Å²) < 4.78 is 4.96. The Bertz CT molecular complexity index is 3440. The molecule has 0 saturated heterocycles. The van der Waals surface area contributed by atoms with Crippen LogP contribution in [0.15, 0.2) is 255 Å². The molecule has 0 aliphatic rings. The minimum Gasteiger partial charge on any atom is -0.309 e. The van der Waals surface area contributed by atoms with Gasteiger partial charge in [0.2, 0.25) is 0 Å². The Labute approximate surface area is 368 Å². The van der Waals surface area contributed by atoms with E-state index in [4.69, 9.17) is 0 Å². The van der Waals surface area contributed by atoms with Crippen LogP contribution in [0.25, 0.3) is 77.2 Å². The van der Waals surface area contributed by atoms with Crippen LogP contribution in [0.4, 0.5) is 0 Å². The van der Waals surface area contributed by atoms with Gasteiger partial charge in [0.25, 0.3) is 0 Å². The van der Waals surface area contributed by atoms with Crippen LogP contribution in [-0.2, 0) is 0 Å². The van der Waals surface area contributed by atoms with E-state index in [9.17, 15) is 0 Å². The number of nitrogens with zero attached hydrogens (tertiary/aromatic N) is 2. The summed E-state index contributed by atoms with van der Waals surface area (Å²) in [5.41, 5.74) is 11.8. The zero-order chi connectivity index (χ0) is 41.7. The Hall–Kier alpha value is -7.98. The smallest absolute Gasteiger partial charge is 0.179 e. The van der Waals surface area contributed by atoms with Gasteiger partial charge in [0.1, 0.15) is 0 Å². The summed E-state index contributed by atoms with van der Waals surface area (Å²) >= 11 is 0. The van der Waals surface area contributed by atoms with Crippen molar-refractivity contribution in [1.29, 1.82) is 0 Å². The molecule has 0 unspecified atom stereocenters. The first-order valence-electron chi connectivity index (χ1n) is 21.8. The molecule has 3 heteroatoms. The fourth-order valence-corrected chi connectivity index (χ4v) is 15.0. The molecule has 0 aliphatic heterocycles. The van der Waals surface area contributed by atoms with Crippen LogP contribution < -0.4 is 20.7 Å². The van der Waals surface area contributed by atoms with Crippen LogP contribution in [0.2, 0.25) is 0 Å². The second-order valence-electron chi connectivity index (χ2n) is 16.5. The largest absolute Gasteiger partial charge is 0.309 e. The Morgan fingerprint density at radius 2 is 0.635 bits per heavy atom. The second-order valence-corrected chi connectivity index (χ2v) is 20.3. The molecule has 0 amide bonds. The average molecular weight is 819 g/mol. The van der Waals surface area contributed by atoms with Gasteiger partial charge in [0, 0.05) is 32.9 Å². The van der Waals surface area contributed by atoms with Gasteiger partial charge in [-0.05, 0) is 97.6 Å². The Morgan fingerprint density at radius 3 is 1.16 bits per heavy atom. The first kappa shape index (κ1) is 36.8. The van der Waals surface area contributed by atoms with Crippen molar-refractivity contribution in [3.8, 4) is 33.6 Å². The summed E-state index contributed by atoms with van der Waals surface area (Å²) in [6, 6.07) is 94.3. The molecule has 296 valence electrons. The van der Waals surface area contributed by atoms with E-state index in [2.05, 4.69) is 264 Å². The first-order chi connectivity index (χ1) is 31.3. The van der Waals surface area contributed by atoms with Crippen molar-refractivity contribution in [3.05, 3.63) is 255 Å². The van der Waals surface area contributed by atoms with Crippen molar-refractivity contribution in [1.82, 2.24) is 9.13 Å². The van der Waals surface area contributed by atoms with Gasteiger partial charge in [-0.3, -0.25) is 0 Å². The highest BCUT2D eigenvalue weighted by molar-refractivity contribution is 7.20. The second kappa shape index (κ2) is 15.2. The minimum atomic E-state index is -2.78. The number of fused-ring (bicyclic) bond motifs is 6. The number of rotatable bonds is 8. The molecule has 12 rings (SSSR count). The van der Waals surface area contributed by atoms with Gasteiger partial charge >= 0.3 is 0 Å². The highest BCUT2D eigenvalue weighted by atomic mass is 28.3. The van der Waals surface area contributed by atoms with Crippen LogP contribution in [0.3, 0.4) is 0 Å². The molecule has 2 heterocycles. The van der Waals surface area contributed by atoms with Crippen LogP contribution in [0.5, 0.6) is 0 Å². The Morgan fingerprint density at radius 1 is 0.222 bits per heavy atom. The van der Waals surface area contributed by atoms with E-state index in [-0.39, 0.29) is 0 Å². The lowest BCUT2D eigenvalue weighted by atomic mass is 9.98. The third-order valence-electron chi connectivity index (χ3n) is 13.0. The van der Waals surface area contributed by atoms with E-state index in [0.717, 1.165) is 11.4 Å². The summed E-state index contributed by atoms with van der Waals surface area (Å²) in [6.07, 6.45) is 0. The Balaban J connectivity index is 1.11. The van der Waals surface area contributed by atoms with Crippen molar-refractivity contribution < 1.29 is 0 Å². The molecule has 0 radical (unpaired) electrons. The lowest BCUT2D eigenvalue weighted by Gasteiger charge is -2.34. The number of para-hydroxylation sites is 2. The quantitative estimate of drug-likeness (QED) is 0.107. The van der Waals surface area contributed by atoms with Gasteiger partial charge in [-0.2, -0.15) is 0 Å². The maximum absolute atomic E-state index is 2.78. The molecule has 2 aromatic heterocycles. The number of benzene rings is 10. The zero-order valence-corrected chi connectivity index (χ0v) is 35.6. The zero-order valence-electron chi connectivity index (χ0n) is 34.6. The predicted octanol–water partition coefficient (Wildman–Crippen LogP) is 12.6. The van der Waals surface area contributed by atoms with E-state index in [1.54, 1.807) is 0 Å². The molecule has 0 saturated carbocycles. The van der Waals surface area contributed by atoms with Gasteiger partial charge < -0.3 is 9.13 Å². The van der Waals surface area contributed by atoms with Gasteiger partial charge in [-0.25, -0.2) is 0 Å². The van der Waals surface area contributed by atoms with E-state index in [1.807, 2.05) is 0 Å². The lowest BCUT2D eigenvalue weighted by molar-refractivity contribution is 1.17. The predicted molar refractivity (Wildman–Crippen MR) is 270 cm³/mol. The van der Waals surface area contributed by atoms with E-state index in [1.165, 1.54) is 86.6 Å². The van der Waals surface area contributed by atoms with Crippen molar-refractivity contribution in [2.24, 2.45) is 0 Å². The van der Waals surface area contributed by atoms with Crippen LogP contribution in [0, 0.1) is 0 Å². The molecular formula is C60H42N2Si. The molecule has 12 aromatic rings. The first-order valence-corrected chi connectivity index (χ1v) is 23.8. The van der Waals surface area contributed by atoms with Crippen molar-refractivity contribution in [2.75, 3.05) is 0 Å². The maximum Gasteiger partial charge on any atom is 0.179 e. The molecule has 0 fully saturated rings. The molecule has 10 aromatic carbocycles. The molecule has 2 nitrogen and oxygen atoms in total. The lowest BCUT2D eigenvalue weighted by Crippen LogP contribution is -2.74. The Kier molecular flexibility index (Phi) is 8.87. The van der Waals surface area contributed by atoms with Crippen LogP contribution in [-0.4, -0.2) is 17.2 Å². The molecule has 0 bridgehead atoms. The summed E-state index contributed by atoms with van der Waals surface area (Å²) in [5, 5.41) is 10.4. The summed E-state index contributed by atoms with van der Waals surface area (Å²) in [6.45, 7) is 0. The SMILES string of the molecule is c1ccc(-c2cc(-c3ccccc3)cc(-n3c4ccccc4c4cc(-n5c6ccccc6c6ccc([Si](c7ccccc7)(c7ccccc7)c7ccccc7)cc65)ccc43)c2)cc1. The van der Waals surface area contributed by atoms with Gasteiger partial charge in [-0.15, -0.1) is 0 Å². The molecular weight excluding hydrogens is 777 g/mol. The number of aromatic nitrogens is 2. The highest BCUT2D eigenvalue weighted by Crippen LogP contribution is 2.39. The average Bonchev–Trinajstić information content (AvgIpc) is 3.88. The monoisotopic (exact) mass is 818 g/mol. The van der Waals surface area contributed by atoms with Crippen molar-refractivity contribution >= 4 is 72.4 Å². The minimum absolute atomic E-state index is 1.14. The highest BCUT2D eigenvalue weighted by Gasteiger charge is 2.41. The number of hydrogen-bond acceptors (Lipinski definition) is 0. The molecule has 0 atom stereocenters. The van der Waals surface area contributed by atoms with Crippen LogP contribution in [0.1, 0.15) is 0 Å².